The van der Waals surface area contributed by atoms with Crippen LogP contribution in [0, 0.1) is 0 Å². The summed E-state index contributed by atoms with van der Waals surface area (Å²) in [5, 5.41) is 26.2. The predicted octanol–water partition coefficient (Wildman–Crippen LogP) is 4.43. The van der Waals surface area contributed by atoms with E-state index in [9.17, 15) is 0 Å². The van der Waals surface area contributed by atoms with Gasteiger partial charge in [-0.05, 0) is 69.1 Å². The van der Waals surface area contributed by atoms with Crippen LogP contribution in [0.3, 0.4) is 0 Å². The van der Waals surface area contributed by atoms with Gasteiger partial charge in [-0.3, -0.25) is 0 Å². The molecule has 0 radical (unpaired) electrons. The first kappa shape index (κ1) is 15.4. The van der Waals surface area contributed by atoms with E-state index in [-0.39, 0.29) is 13.2 Å². The third-order valence-corrected chi connectivity index (χ3v) is 5.05. The van der Waals surface area contributed by atoms with Crippen molar-refractivity contribution in [3.63, 3.8) is 0 Å². The molecule has 0 unspecified atom stereocenters. The van der Waals surface area contributed by atoms with Crippen LogP contribution in [-0.2, 0) is 12.8 Å². The summed E-state index contributed by atoms with van der Waals surface area (Å²) >= 11 is 0. The summed E-state index contributed by atoms with van der Waals surface area (Å²) in [6.45, 7) is 0.459. The Hall–Kier alpha value is -2.16. The van der Waals surface area contributed by atoms with Gasteiger partial charge < -0.3 is 10.2 Å². The van der Waals surface area contributed by atoms with Crippen LogP contribution < -0.4 is 0 Å². The van der Waals surface area contributed by atoms with E-state index in [0.717, 1.165) is 25.7 Å². The van der Waals surface area contributed by atoms with Crippen molar-refractivity contribution < 1.29 is 10.2 Å². The Morgan fingerprint density at radius 3 is 1.38 bits per heavy atom. The van der Waals surface area contributed by atoms with Crippen LogP contribution in [0.4, 0.5) is 0 Å². The van der Waals surface area contributed by atoms with Gasteiger partial charge in [0.15, 0.2) is 0 Å². The van der Waals surface area contributed by atoms with Gasteiger partial charge in [0.2, 0.25) is 0 Å². The Morgan fingerprint density at radius 1 is 0.542 bits per heavy atom. The van der Waals surface area contributed by atoms with Crippen LogP contribution in [0.5, 0.6) is 0 Å². The van der Waals surface area contributed by atoms with Crippen molar-refractivity contribution in [3.05, 3.63) is 59.7 Å². The highest BCUT2D eigenvalue weighted by atomic mass is 16.3. The highest BCUT2D eigenvalue weighted by Crippen LogP contribution is 2.37. The van der Waals surface area contributed by atoms with E-state index in [1.54, 1.807) is 0 Å². The standard InChI is InChI=1S/C22H22O2/c23-13-1-3-15-5-7-17-10-12-20-16(4-2-14-24)6-8-18-9-11-19(15)21(17)22(18)20/h5-12,23-24H,1-4,13-14H2. The smallest absolute Gasteiger partial charge is 0.0434 e. The van der Waals surface area contributed by atoms with Crippen molar-refractivity contribution in [2.45, 2.75) is 25.7 Å². The molecule has 0 aromatic heterocycles. The number of benzene rings is 4. The summed E-state index contributed by atoms with van der Waals surface area (Å²) in [6, 6.07) is 17.7. The molecule has 0 atom stereocenters. The minimum absolute atomic E-state index is 0.229. The second kappa shape index (κ2) is 6.39. The zero-order chi connectivity index (χ0) is 16.5. The molecule has 2 heteroatoms. The number of rotatable bonds is 6. The zero-order valence-electron chi connectivity index (χ0n) is 13.8. The van der Waals surface area contributed by atoms with Gasteiger partial charge in [0.25, 0.3) is 0 Å². The van der Waals surface area contributed by atoms with E-state index < -0.39 is 0 Å². The minimum Gasteiger partial charge on any atom is -0.396 e. The fourth-order valence-corrected chi connectivity index (χ4v) is 3.90. The Morgan fingerprint density at radius 2 is 0.958 bits per heavy atom. The van der Waals surface area contributed by atoms with Crippen molar-refractivity contribution in [1.82, 2.24) is 0 Å². The van der Waals surface area contributed by atoms with E-state index in [0.29, 0.717) is 0 Å². The first-order chi connectivity index (χ1) is 11.8. The maximum absolute atomic E-state index is 9.17. The summed E-state index contributed by atoms with van der Waals surface area (Å²) in [7, 11) is 0. The van der Waals surface area contributed by atoms with Gasteiger partial charge in [0, 0.05) is 13.2 Å². The molecular formula is C22H22O2. The normalized spacial score (nSPS) is 11.9. The highest BCUT2D eigenvalue weighted by molar-refractivity contribution is 6.24. The molecule has 4 rings (SSSR count). The van der Waals surface area contributed by atoms with Crippen LogP contribution >= 0.6 is 0 Å². The molecule has 0 amide bonds. The van der Waals surface area contributed by atoms with Crippen LogP contribution in [0.1, 0.15) is 24.0 Å². The van der Waals surface area contributed by atoms with Gasteiger partial charge in [-0.1, -0.05) is 48.5 Å². The second-order valence-electron chi connectivity index (χ2n) is 6.53. The van der Waals surface area contributed by atoms with Gasteiger partial charge in [-0.25, -0.2) is 0 Å². The van der Waals surface area contributed by atoms with Gasteiger partial charge in [-0.2, -0.15) is 0 Å². The monoisotopic (exact) mass is 318 g/mol. The quantitative estimate of drug-likeness (QED) is 0.516. The van der Waals surface area contributed by atoms with Crippen molar-refractivity contribution in [1.29, 1.82) is 0 Å². The molecule has 0 fully saturated rings. The number of hydrogen-bond donors (Lipinski definition) is 2. The summed E-state index contributed by atoms with van der Waals surface area (Å²) in [6.07, 6.45) is 3.40. The Bertz CT molecular complexity index is 906. The zero-order valence-corrected chi connectivity index (χ0v) is 13.8. The van der Waals surface area contributed by atoms with Gasteiger partial charge >= 0.3 is 0 Å². The Kier molecular flexibility index (Phi) is 4.09. The predicted molar refractivity (Wildman–Crippen MR) is 101 cm³/mol. The molecule has 0 heterocycles. The van der Waals surface area contributed by atoms with E-state index in [1.807, 2.05) is 0 Å². The second-order valence-corrected chi connectivity index (χ2v) is 6.53. The van der Waals surface area contributed by atoms with E-state index in [4.69, 9.17) is 10.2 Å². The lowest BCUT2D eigenvalue weighted by molar-refractivity contribution is 0.288. The van der Waals surface area contributed by atoms with Crippen molar-refractivity contribution in [3.8, 4) is 0 Å². The third kappa shape index (κ3) is 2.43. The largest absolute Gasteiger partial charge is 0.396 e. The Balaban J connectivity index is 2.02. The molecule has 0 aliphatic rings. The lowest BCUT2D eigenvalue weighted by Gasteiger charge is -2.16. The molecule has 0 aliphatic carbocycles. The minimum atomic E-state index is 0.229. The lowest BCUT2D eigenvalue weighted by Crippen LogP contribution is -1.95. The third-order valence-electron chi connectivity index (χ3n) is 5.05. The van der Waals surface area contributed by atoms with E-state index in [1.165, 1.54) is 43.4 Å². The van der Waals surface area contributed by atoms with Crippen LogP contribution in [0.2, 0.25) is 0 Å². The molecule has 0 saturated carbocycles. The fraction of sp³-hybridized carbons (Fsp3) is 0.273. The summed E-state index contributed by atoms with van der Waals surface area (Å²) < 4.78 is 0. The fourth-order valence-electron chi connectivity index (χ4n) is 3.90. The first-order valence-electron chi connectivity index (χ1n) is 8.73. The molecule has 2 nitrogen and oxygen atoms in total. The number of aryl methyl sites for hydroxylation is 2. The maximum Gasteiger partial charge on any atom is 0.0434 e. The molecule has 0 saturated heterocycles. The number of hydrogen-bond acceptors (Lipinski definition) is 2. The average Bonchev–Trinajstić information content (AvgIpc) is 2.63. The van der Waals surface area contributed by atoms with Crippen molar-refractivity contribution in [2.75, 3.05) is 13.2 Å². The van der Waals surface area contributed by atoms with Gasteiger partial charge in [0.1, 0.15) is 0 Å². The van der Waals surface area contributed by atoms with E-state index >= 15 is 0 Å². The average molecular weight is 318 g/mol. The summed E-state index contributed by atoms with van der Waals surface area (Å²) in [4.78, 5) is 0. The molecule has 4 aromatic carbocycles. The SMILES string of the molecule is OCCCc1ccc2ccc3c(CCCO)ccc4ccc1c2c43. The molecule has 4 aromatic rings. The van der Waals surface area contributed by atoms with Crippen LogP contribution in [0.25, 0.3) is 32.3 Å². The Labute approximate surface area is 141 Å². The summed E-state index contributed by atoms with van der Waals surface area (Å²) in [5.74, 6) is 0. The molecule has 0 bridgehead atoms. The molecule has 0 spiro atoms. The lowest BCUT2D eigenvalue weighted by atomic mass is 9.88. The highest BCUT2D eigenvalue weighted by Gasteiger charge is 2.12. The first-order valence-corrected chi connectivity index (χ1v) is 8.73. The molecule has 24 heavy (non-hydrogen) atoms. The number of aliphatic hydroxyl groups excluding tert-OH is 2. The van der Waals surface area contributed by atoms with Crippen molar-refractivity contribution >= 4 is 32.3 Å². The van der Waals surface area contributed by atoms with Crippen molar-refractivity contribution in [2.24, 2.45) is 0 Å². The molecule has 122 valence electrons. The van der Waals surface area contributed by atoms with Gasteiger partial charge in [-0.15, -0.1) is 0 Å². The molecule has 0 aliphatic heterocycles. The molecular weight excluding hydrogens is 296 g/mol. The van der Waals surface area contributed by atoms with Gasteiger partial charge in [0.05, 0.1) is 0 Å². The molecule has 2 N–H and O–H groups in total. The summed E-state index contributed by atoms with van der Waals surface area (Å²) in [5.41, 5.74) is 2.62. The van der Waals surface area contributed by atoms with E-state index in [2.05, 4.69) is 48.5 Å². The van der Waals surface area contributed by atoms with Crippen LogP contribution in [0.15, 0.2) is 48.5 Å². The number of aliphatic hydroxyl groups is 2. The maximum atomic E-state index is 9.17. The topological polar surface area (TPSA) is 40.5 Å². The van der Waals surface area contributed by atoms with Crippen LogP contribution in [-0.4, -0.2) is 23.4 Å².